The van der Waals surface area contributed by atoms with Crippen molar-refractivity contribution in [3.63, 3.8) is 0 Å². The van der Waals surface area contributed by atoms with E-state index in [0.29, 0.717) is 16.4 Å². The predicted molar refractivity (Wildman–Crippen MR) is 118 cm³/mol. The van der Waals surface area contributed by atoms with Gasteiger partial charge in [-0.25, -0.2) is 8.42 Å². The molecule has 0 saturated heterocycles. The van der Waals surface area contributed by atoms with Gasteiger partial charge in [0.15, 0.2) is 0 Å². The molecule has 0 heterocycles. The molecule has 0 aliphatic rings. The summed E-state index contributed by atoms with van der Waals surface area (Å²) < 4.78 is 28.0. The Labute approximate surface area is 179 Å². The SMILES string of the molecule is Cc1ccc(NC(=O)c2ccc(Cl)c(S(=O)(=O)Nc3ccc(Cl)cc3)c2)c(C)c1. The van der Waals surface area contributed by atoms with Gasteiger partial charge < -0.3 is 5.32 Å². The van der Waals surface area contributed by atoms with E-state index in [1.807, 2.05) is 26.0 Å². The summed E-state index contributed by atoms with van der Waals surface area (Å²) in [6.45, 7) is 3.85. The number of sulfonamides is 1. The second-order valence-electron chi connectivity index (χ2n) is 6.53. The fourth-order valence-electron chi connectivity index (χ4n) is 2.73. The highest BCUT2D eigenvalue weighted by atomic mass is 35.5. The first-order valence-electron chi connectivity index (χ1n) is 8.62. The summed E-state index contributed by atoms with van der Waals surface area (Å²) in [6, 6.07) is 15.9. The highest BCUT2D eigenvalue weighted by Gasteiger charge is 2.21. The van der Waals surface area contributed by atoms with E-state index in [9.17, 15) is 13.2 Å². The summed E-state index contributed by atoms with van der Waals surface area (Å²) in [4.78, 5) is 12.5. The smallest absolute Gasteiger partial charge is 0.263 e. The average Bonchev–Trinajstić information content (AvgIpc) is 2.66. The van der Waals surface area contributed by atoms with E-state index in [0.717, 1.165) is 11.1 Å². The second-order valence-corrected chi connectivity index (χ2v) is 9.02. The molecule has 0 saturated carbocycles. The van der Waals surface area contributed by atoms with Crippen LogP contribution in [-0.2, 0) is 10.0 Å². The van der Waals surface area contributed by atoms with Gasteiger partial charge in [0.25, 0.3) is 15.9 Å². The Balaban J connectivity index is 1.88. The van der Waals surface area contributed by atoms with Crippen LogP contribution in [0, 0.1) is 13.8 Å². The number of hydrogen-bond acceptors (Lipinski definition) is 3. The van der Waals surface area contributed by atoms with Gasteiger partial charge in [-0.15, -0.1) is 0 Å². The molecule has 0 spiro atoms. The molecular weight excluding hydrogens is 431 g/mol. The van der Waals surface area contributed by atoms with Crippen LogP contribution in [0.4, 0.5) is 11.4 Å². The number of carbonyl (C=O) groups is 1. The van der Waals surface area contributed by atoms with Crippen LogP contribution in [0.25, 0.3) is 0 Å². The molecule has 0 atom stereocenters. The predicted octanol–water partition coefficient (Wildman–Crippen LogP) is 5.66. The van der Waals surface area contributed by atoms with E-state index in [4.69, 9.17) is 23.2 Å². The topological polar surface area (TPSA) is 75.3 Å². The van der Waals surface area contributed by atoms with Gasteiger partial charge in [-0.2, -0.15) is 0 Å². The van der Waals surface area contributed by atoms with Gasteiger partial charge in [-0.05, 0) is 67.9 Å². The largest absolute Gasteiger partial charge is 0.322 e. The highest BCUT2D eigenvalue weighted by Crippen LogP contribution is 2.26. The Bertz CT molecular complexity index is 1180. The van der Waals surface area contributed by atoms with Crippen molar-refractivity contribution >= 4 is 50.5 Å². The summed E-state index contributed by atoms with van der Waals surface area (Å²) in [6.07, 6.45) is 0. The van der Waals surface area contributed by atoms with E-state index < -0.39 is 15.9 Å². The molecule has 3 aromatic rings. The maximum atomic E-state index is 12.8. The molecule has 150 valence electrons. The van der Waals surface area contributed by atoms with Crippen molar-refractivity contribution in [1.29, 1.82) is 0 Å². The number of nitrogens with one attached hydrogen (secondary N) is 2. The lowest BCUT2D eigenvalue weighted by Gasteiger charge is -2.12. The molecule has 8 heteroatoms. The number of rotatable bonds is 5. The molecule has 5 nitrogen and oxygen atoms in total. The third-order valence-electron chi connectivity index (χ3n) is 4.21. The standard InChI is InChI=1S/C21H18Cl2N2O3S/c1-13-3-10-19(14(2)11-13)24-21(26)15-4-9-18(23)20(12-15)29(27,28)25-17-7-5-16(22)6-8-17/h3-12,25H,1-2H3,(H,24,26). The van der Waals surface area contributed by atoms with Gasteiger partial charge in [0, 0.05) is 22.0 Å². The number of amides is 1. The van der Waals surface area contributed by atoms with Crippen molar-refractivity contribution in [2.24, 2.45) is 0 Å². The summed E-state index contributed by atoms with van der Waals surface area (Å²) >= 11 is 11.9. The summed E-state index contributed by atoms with van der Waals surface area (Å²) in [5, 5.41) is 3.29. The first kappa shape index (κ1) is 21.2. The number of aryl methyl sites for hydroxylation is 2. The molecule has 29 heavy (non-hydrogen) atoms. The molecule has 0 bridgehead atoms. The quantitative estimate of drug-likeness (QED) is 0.528. The van der Waals surface area contributed by atoms with Gasteiger partial charge in [-0.1, -0.05) is 40.9 Å². The molecule has 3 rings (SSSR count). The minimum atomic E-state index is -4.00. The van der Waals surface area contributed by atoms with Crippen molar-refractivity contribution < 1.29 is 13.2 Å². The van der Waals surface area contributed by atoms with Crippen LogP contribution in [-0.4, -0.2) is 14.3 Å². The van der Waals surface area contributed by atoms with Gasteiger partial charge in [-0.3, -0.25) is 9.52 Å². The van der Waals surface area contributed by atoms with Crippen molar-refractivity contribution in [1.82, 2.24) is 0 Å². The monoisotopic (exact) mass is 448 g/mol. The van der Waals surface area contributed by atoms with Crippen LogP contribution >= 0.6 is 23.2 Å². The second kappa shape index (κ2) is 8.45. The van der Waals surface area contributed by atoms with Gasteiger partial charge in [0.05, 0.1) is 5.02 Å². The van der Waals surface area contributed by atoms with Crippen LogP contribution in [0.1, 0.15) is 21.5 Å². The molecule has 1 amide bonds. The molecule has 3 aromatic carbocycles. The maximum Gasteiger partial charge on any atom is 0.263 e. The van der Waals surface area contributed by atoms with Crippen molar-refractivity contribution in [3.8, 4) is 0 Å². The van der Waals surface area contributed by atoms with Crippen molar-refractivity contribution in [2.75, 3.05) is 10.0 Å². The van der Waals surface area contributed by atoms with Crippen molar-refractivity contribution in [3.05, 3.63) is 87.4 Å². The molecule has 0 aromatic heterocycles. The summed E-state index contributed by atoms with van der Waals surface area (Å²) in [5.74, 6) is -0.434. The zero-order valence-electron chi connectivity index (χ0n) is 15.7. The Morgan fingerprint density at radius 1 is 0.897 bits per heavy atom. The van der Waals surface area contributed by atoms with Crippen LogP contribution in [0.15, 0.2) is 65.6 Å². The molecule has 0 aliphatic carbocycles. The van der Waals surface area contributed by atoms with Gasteiger partial charge >= 0.3 is 0 Å². The van der Waals surface area contributed by atoms with Crippen LogP contribution in [0.5, 0.6) is 0 Å². The van der Waals surface area contributed by atoms with E-state index >= 15 is 0 Å². The van der Waals surface area contributed by atoms with Crippen molar-refractivity contribution in [2.45, 2.75) is 18.7 Å². The first-order chi connectivity index (χ1) is 13.7. The number of halogens is 2. The lowest BCUT2D eigenvalue weighted by atomic mass is 10.1. The minimum Gasteiger partial charge on any atom is -0.322 e. The lowest BCUT2D eigenvalue weighted by Crippen LogP contribution is -2.16. The maximum absolute atomic E-state index is 12.8. The third-order valence-corrected chi connectivity index (χ3v) is 6.32. The zero-order valence-corrected chi connectivity index (χ0v) is 18.0. The van der Waals surface area contributed by atoms with Crippen LogP contribution < -0.4 is 10.0 Å². The normalized spacial score (nSPS) is 11.2. The minimum absolute atomic E-state index is 0.00882. The number of anilines is 2. The average molecular weight is 449 g/mol. The molecule has 2 N–H and O–H groups in total. The van der Waals surface area contributed by atoms with Crippen LogP contribution in [0.2, 0.25) is 10.0 Å². The number of carbonyl (C=O) groups excluding carboxylic acids is 1. The lowest BCUT2D eigenvalue weighted by molar-refractivity contribution is 0.102. The van der Waals surface area contributed by atoms with Gasteiger partial charge in [0.1, 0.15) is 4.90 Å². The number of benzene rings is 3. The van der Waals surface area contributed by atoms with Gasteiger partial charge in [0.2, 0.25) is 0 Å². The van der Waals surface area contributed by atoms with E-state index in [2.05, 4.69) is 10.0 Å². The first-order valence-corrected chi connectivity index (χ1v) is 10.9. The Morgan fingerprint density at radius 2 is 1.59 bits per heavy atom. The molecule has 0 radical (unpaired) electrons. The highest BCUT2D eigenvalue weighted by molar-refractivity contribution is 7.92. The molecular formula is C21H18Cl2N2O3S. The van der Waals surface area contributed by atoms with E-state index in [-0.39, 0.29) is 15.5 Å². The molecule has 0 unspecified atom stereocenters. The Hall–Kier alpha value is -2.54. The molecule has 0 aliphatic heterocycles. The third kappa shape index (κ3) is 5.09. The Morgan fingerprint density at radius 3 is 2.24 bits per heavy atom. The zero-order chi connectivity index (χ0) is 21.2. The summed E-state index contributed by atoms with van der Waals surface area (Å²) in [7, 11) is -4.00. The number of hydrogen-bond donors (Lipinski definition) is 2. The molecule has 0 fully saturated rings. The fourth-order valence-corrected chi connectivity index (χ4v) is 4.44. The van der Waals surface area contributed by atoms with Crippen LogP contribution in [0.3, 0.4) is 0 Å². The van der Waals surface area contributed by atoms with E-state index in [1.165, 1.54) is 30.3 Å². The van der Waals surface area contributed by atoms with E-state index in [1.54, 1.807) is 18.2 Å². The summed E-state index contributed by atoms with van der Waals surface area (Å²) in [5.41, 5.74) is 3.14. The fraction of sp³-hybridized carbons (Fsp3) is 0.0952. The Kier molecular flexibility index (Phi) is 6.17.